The van der Waals surface area contributed by atoms with Crippen molar-refractivity contribution in [2.45, 2.75) is 25.3 Å². The highest BCUT2D eigenvalue weighted by atomic mass is 35.5. The number of amides is 1. The fourth-order valence-corrected chi connectivity index (χ4v) is 2.90. The minimum absolute atomic E-state index is 0.101. The van der Waals surface area contributed by atoms with E-state index in [9.17, 15) is 14.7 Å². The van der Waals surface area contributed by atoms with Crippen molar-refractivity contribution >= 4 is 23.5 Å². The topological polar surface area (TPSA) is 83.6 Å². The number of likely N-dealkylation sites (tertiary alicyclic amines) is 1. The lowest BCUT2D eigenvalue weighted by atomic mass is 9.99. The number of carbonyl (C=O) groups excluding carboxylic acids is 1. The molecule has 1 atom stereocenters. The Labute approximate surface area is 137 Å². The molecule has 3 rings (SSSR count). The van der Waals surface area contributed by atoms with Crippen molar-refractivity contribution in [3.05, 3.63) is 41.0 Å². The van der Waals surface area contributed by atoms with E-state index in [1.807, 2.05) is 0 Å². The summed E-state index contributed by atoms with van der Waals surface area (Å²) in [5.74, 6) is -1.01. The summed E-state index contributed by atoms with van der Waals surface area (Å²) >= 11 is 5.84. The molecule has 23 heavy (non-hydrogen) atoms. The first kappa shape index (κ1) is 15.6. The predicted molar refractivity (Wildman–Crippen MR) is 83.3 cm³/mol. The van der Waals surface area contributed by atoms with Crippen LogP contribution in [0, 0.1) is 0 Å². The number of hydrogen-bond acceptors (Lipinski definition) is 4. The molecule has 1 aliphatic rings. The van der Waals surface area contributed by atoms with Crippen molar-refractivity contribution in [2.24, 2.45) is 0 Å². The van der Waals surface area contributed by atoms with Crippen LogP contribution in [0.25, 0.3) is 11.3 Å². The third kappa shape index (κ3) is 2.70. The minimum atomic E-state index is -1.20. The zero-order chi connectivity index (χ0) is 16.6. The molecule has 1 unspecified atom stereocenters. The van der Waals surface area contributed by atoms with E-state index < -0.39 is 17.4 Å². The molecule has 1 fully saturated rings. The Hall–Kier alpha value is -2.34. The molecule has 1 N–H and O–H groups in total. The van der Waals surface area contributed by atoms with E-state index in [-0.39, 0.29) is 5.69 Å². The average molecular weight is 335 g/mol. The number of carboxylic acid groups (broad SMARTS) is 1. The molecule has 0 aliphatic carbocycles. The molecule has 0 radical (unpaired) electrons. The van der Waals surface area contributed by atoms with Crippen molar-refractivity contribution in [2.75, 3.05) is 6.54 Å². The summed E-state index contributed by atoms with van der Waals surface area (Å²) in [5.41, 5.74) is -0.357. The maximum absolute atomic E-state index is 12.6. The van der Waals surface area contributed by atoms with Crippen LogP contribution in [0.4, 0.5) is 0 Å². The second-order valence-corrected chi connectivity index (χ2v) is 6.16. The third-order valence-electron chi connectivity index (χ3n) is 4.20. The Morgan fingerprint density at radius 3 is 2.70 bits per heavy atom. The molecule has 1 saturated heterocycles. The molecule has 1 amide bonds. The van der Waals surface area contributed by atoms with Gasteiger partial charge in [0.2, 0.25) is 0 Å². The summed E-state index contributed by atoms with van der Waals surface area (Å²) < 4.78 is 5.21. The number of hydrogen-bond donors (Lipinski definition) is 1. The summed E-state index contributed by atoms with van der Waals surface area (Å²) in [6.07, 6.45) is 1.08. The molecule has 1 aromatic carbocycles. The van der Waals surface area contributed by atoms with Gasteiger partial charge in [0.25, 0.3) is 5.91 Å². The van der Waals surface area contributed by atoms with Gasteiger partial charge in [-0.3, -0.25) is 4.79 Å². The van der Waals surface area contributed by atoms with Crippen molar-refractivity contribution in [1.29, 1.82) is 0 Å². The second kappa shape index (κ2) is 5.70. The third-order valence-corrected chi connectivity index (χ3v) is 4.46. The van der Waals surface area contributed by atoms with Gasteiger partial charge in [-0.1, -0.05) is 16.8 Å². The second-order valence-electron chi connectivity index (χ2n) is 5.72. The maximum atomic E-state index is 12.6. The smallest absolute Gasteiger partial charge is 0.329 e. The molecule has 0 bridgehead atoms. The van der Waals surface area contributed by atoms with Crippen LogP contribution in [0.2, 0.25) is 5.02 Å². The molecule has 1 aromatic heterocycles. The van der Waals surface area contributed by atoms with Gasteiger partial charge < -0.3 is 14.5 Å². The first-order chi connectivity index (χ1) is 10.9. The van der Waals surface area contributed by atoms with Crippen LogP contribution < -0.4 is 0 Å². The minimum Gasteiger partial charge on any atom is -0.480 e. The number of aromatic nitrogens is 1. The molecule has 7 heteroatoms. The Balaban J connectivity index is 1.87. The molecule has 120 valence electrons. The zero-order valence-corrected chi connectivity index (χ0v) is 13.2. The van der Waals surface area contributed by atoms with Gasteiger partial charge in [0.05, 0.1) is 0 Å². The highest BCUT2D eigenvalue weighted by Gasteiger charge is 2.46. The van der Waals surface area contributed by atoms with Crippen molar-refractivity contribution in [1.82, 2.24) is 10.1 Å². The molecular formula is C16H15ClN2O4. The number of halogens is 1. The fourth-order valence-electron chi connectivity index (χ4n) is 2.78. The first-order valence-corrected chi connectivity index (χ1v) is 7.57. The summed E-state index contributed by atoms with van der Waals surface area (Å²) in [4.78, 5) is 25.4. The van der Waals surface area contributed by atoms with Crippen LogP contribution in [0.5, 0.6) is 0 Å². The molecule has 2 aromatic rings. The van der Waals surface area contributed by atoms with E-state index in [2.05, 4.69) is 5.16 Å². The zero-order valence-electron chi connectivity index (χ0n) is 12.5. The SMILES string of the molecule is CC1(C(=O)O)CCCN1C(=O)c1cc(-c2ccc(Cl)cc2)on1. The van der Waals surface area contributed by atoms with Crippen LogP contribution in [0.3, 0.4) is 0 Å². The standard InChI is InChI=1S/C16H15ClN2O4/c1-16(15(21)22)7-2-8-19(16)14(20)12-9-13(23-18-12)10-3-5-11(17)6-4-10/h3-6,9H,2,7-8H2,1H3,(H,21,22). The summed E-state index contributed by atoms with van der Waals surface area (Å²) in [5, 5.41) is 13.8. The van der Waals surface area contributed by atoms with Gasteiger partial charge >= 0.3 is 5.97 Å². The fraction of sp³-hybridized carbons (Fsp3) is 0.312. The maximum Gasteiger partial charge on any atom is 0.329 e. The van der Waals surface area contributed by atoms with Gasteiger partial charge in [0.15, 0.2) is 11.5 Å². The van der Waals surface area contributed by atoms with Crippen LogP contribution in [0.1, 0.15) is 30.3 Å². The predicted octanol–water partition coefficient (Wildman–Crippen LogP) is 3.07. The first-order valence-electron chi connectivity index (χ1n) is 7.20. The lowest BCUT2D eigenvalue weighted by molar-refractivity contribution is -0.147. The van der Waals surface area contributed by atoms with Gasteiger partial charge in [0.1, 0.15) is 5.54 Å². The van der Waals surface area contributed by atoms with E-state index in [0.29, 0.717) is 30.2 Å². The van der Waals surface area contributed by atoms with Crippen LogP contribution in [-0.2, 0) is 4.79 Å². The highest BCUT2D eigenvalue weighted by Crippen LogP contribution is 2.31. The van der Waals surface area contributed by atoms with Gasteiger partial charge in [-0.05, 0) is 44.0 Å². The summed E-state index contributed by atoms with van der Waals surface area (Å²) in [6.45, 7) is 1.95. The molecular weight excluding hydrogens is 320 g/mol. The van der Waals surface area contributed by atoms with Gasteiger partial charge in [-0.15, -0.1) is 0 Å². The normalized spacial score (nSPS) is 20.7. The Morgan fingerprint density at radius 2 is 2.04 bits per heavy atom. The van der Waals surface area contributed by atoms with Gasteiger partial charge in [0, 0.05) is 23.2 Å². The Kier molecular flexibility index (Phi) is 3.85. The summed E-state index contributed by atoms with van der Waals surface area (Å²) in [6, 6.07) is 8.46. The van der Waals surface area contributed by atoms with Crippen LogP contribution in [0.15, 0.2) is 34.9 Å². The van der Waals surface area contributed by atoms with E-state index in [1.54, 1.807) is 31.2 Å². The number of carbonyl (C=O) groups is 2. The highest BCUT2D eigenvalue weighted by molar-refractivity contribution is 6.30. The number of rotatable bonds is 3. The van der Waals surface area contributed by atoms with Crippen LogP contribution >= 0.6 is 11.6 Å². The number of carboxylic acids is 1. The molecule has 0 spiro atoms. The molecule has 1 aliphatic heterocycles. The van der Waals surface area contributed by atoms with Crippen molar-refractivity contribution in [3.63, 3.8) is 0 Å². The number of aliphatic carboxylic acids is 1. The molecule has 6 nitrogen and oxygen atoms in total. The average Bonchev–Trinajstić information content (AvgIpc) is 3.15. The number of nitrogens with zero attached hydrogens (tertiary/aromatic N) is 2. The van der Waals surface area contributed by atoms with E-state index in [0.717, 1.165) is 5.56 Å². The van der Waals surface area contributed by atoms with E-state index in [1.165, 1.54) is 11.0 Å². The van der Waals surface area contributed by atoms with Gasteiger partial charge in [-0.2, -0.15) is 0 Å². The Bertz CT molecular complexity index is 756. The Morgan fingerprint density at radius 1 is 1.35 bits per heavy atom. The van der Waals surface area contributed by atoms with E-state index in [4.69, 9.17) is 16.1 Å². The largest absolute Gasteiger partial charge is 0.480 e. The van der Waals surface area contributed by atoms with Crippen molar-refractivity contribution in [3.8, 4) is 11.3 Å². The monoisotopic (exact) mass is 334 g/mol. The van der Waals surface area contributed by atoms with Crippen molar-refractivity contribution < 1.29 is 19.2 Å². The van der Waals surface area contributed by atoms with E-state index >= 15 is 0 Å². The summed E-state index contributed by atoms with van der Waals surface area (Å²) in [7, 11) is 0. The van der Waals surface area contributed by atoms with Crippen LogP contribution in [-0.4, -0.2) is 39.1 Å². The lowest BCUT2D eigenvalue weighted by Crippen LogP contribution is -2.50. The van der Waals surface area contributed by atoms with Gasteiger partial charge in [-0.25, -0.2) is 4.79 Å². The lowest BCUT2D eigenvalue weighted by Gasteiger charge is -2.30. The molecule has 2 heterocycles. The number of benzene rings is 1. The quantitative estimate of drug-likeness (QED) is 0.932. The molecule has 0 saturated carbocycles.